The van der Waals surface area contributed by atoms with Gasteiger partial charge in [-0.2, -0.15) is 0 Å². The van der Waals surface area contributed by atoms with Crippen LogP contribution in [0.15, 0.2) is 47.4 Å². The first-order chi connectivity index (χ1) is 9.06. The molecule has 0 fully saturated rings. The molecule has 98 valence electrons. The van der Waals surface area contributed by atoms with Crippen molar-refractivity contribution in [3.8, 4) is 0 Å². The molecular formula is C14H12Cl2N2S. The molecule has 2 rings (SSSR count). The summed E-state index contributed by atoms with van der Waals surface area (Å²) in [6.45, 7) is 0. The van der Waals surface area contributed by atoms with Crippen molar-refractivity contribution in [1.82, 2.24) is 0 Å². The highest BCUT2D eigenvalue weighted by Crippen LogP contribution is 2.28. The van der Waals surface area contributed by atoms with Crippen molar-refractivity contribution in [2.24, 2.45) is 5.73 Å². The molecule has 0 saturated carbocycles. The van der Waals surface area contributed by atoms with E-state index < -0.39 is 0 Å². The SMILES string of the molecule is N=C(N)c1cc(Cl)ccc1SCc1ccc(Cl)cc1. The van der Waals surface area contributed by atoms with E-state index >= 15 is 0 Å². The minimum Gasteiger partial charge on any atom is -0.384 e. The number of hydrogen-bond acceptors (Lipinski definition) is 2. The van der Waals surface area contributed by atoms with Gasteiger partial charge in [0.25, 0.3) is 0 Å². The molecule has 0 amide bonds. The molecule has 0 spiro atoms. The Morgan fingerprint density at radius 1 is 1.05 bits per heavy atom. The molecule has 0 radical (unpaired) electrons. The number of hydrogen-bond donors (Lipinski definition) is 2. The highest BCUT2D eigenvalue weighted by molar-refractivity contribution is 7.98. The van der Waals surface area contributed by atoms with E-state index in [1.54, 1.807) is 23.9 Å². The first-order valence-corrected chi connectivity index (χ1v) is 7.31. The van der Waals surface area contributed by atoms with E-state index in [9.17, 15) is 0 Å². The van der Waals surface area contributed by atoms with Crippen LogP contribution in [0.2, 0.25) is 10.0 Å². The van der Waals surface area contributed by atoms with Crippen molar-refractivity contribution < 1.29 is 0 Å². The predicted molar refractivity (Wildman–Crippen MR) is 83.5 cm³/mol. The van der Waals surface area contributed by atoms with Crippen molar-refractivity contribution in [2.75, 3.05) is 0 Å². The van der Waals surface area contributed by atoms with Gasteiger partial charge < -0.3 is 5.73 Å². The van der Waals surface area contributed by atoms with Crippen LogP contribution in [0.3, 0.4) is 0 Å². The molecule has 2 aromatic carbocycles. The Balaban J connectivity index is 2.15. The standard InChI is InChI=1S/C14H12Cl2N2S/c15-10-3-1-9(2-4-10)8-19-13-6-5-11(16)7-12(13)14(17)18/h1-7H,8H2,(H3,17,18). The Morgan fingerprint density at radius 3 is 2.32 bits per heavy atom. The average molecular weight is 311 g/mol. The second-order valence-corrected chi connectivity index (χ2v) is 5.86. The van der Waals surface area contributed by atoms with Gasteiger partial charge in [-0.25, -0.2) is 0 Å². The number of amidine groups is 1. The van der Waals surface area contributed by atoms with Gasteiger partial charge in [0.15, 0.2) is 0 Å². The summed E-state index contributed by atoms with van der Waals surface area (Å²) in [5, 5.41) is 8.88. The van der Waals surface area contributed by atoms with Crippen LogP contribution in [0.4, 0.5) is 0 Å². The van der Waals surface area contributed by atoms with Gasteiger partial charge in [-0.05, 0) is 35.9 Å². The zero-order chi connectivity index (χ0) is 13.8. The third-order valence-corrected chi connectivity index (χ3v) is 4.17. The van der Waals surface area contributed by atoms with Crippen molar-refractivity contribution in [3.05, 3.63) is 63.6 Å². The van der Waals surface area contributed by atoms with Crippen LogP contribution in [0, 0.1) is 5.41 Å². The normalized spacial score (nSPS) is 10.4. The fourth-order valence-corrected chi connectivity index (χ4v) is 2.88. The van der Waals surface area contributed by atoms with E-state index in [0.29, 0.717) is 10.6 Å². The first kappa shape index (κ1) is 14.3. The fourth-order valence-electron chi connectivity index (χ4n) is 1.58. The summed E-state index contributed by atoms with van der Waals surface area (Å²) in [6.07, 6.45) is 0. The summed E-state index contributed by atoms with van der Waals surface area (Å²) in [5.74, 6) is 0.820. The Kier molecular flexibility index (Phi) is 4.75. The number of nitrogens with two attached hydrogens (primary N) is 1. The average Bonchev–Trinajstić information content (AvgIpc) is 2.39. The van der Waals surface area contributed by atoms with Gasteiger partial charge in [0.2, 0.25) is 0 Å². The Labute approximate surface area is 126 Å². The second-order valence-electron chi connectivity index (χ2n) is 3.97. The molecule has 2 nitrogen and oxygen atoms in total. The van der Waals surface area contributed by atoms with Crippen LogP contribution < -0.4 is 5.73 Å². The van der Waals surface area contributed by atoms with E-state index in [0.717, 1.165) is 15.7 Å². The molecule has 5 heteroatoms. The lowest BCUT2D eigenvalue weighted by Crippen LogP contribution is -2.12. The van der Waals surface area contributed by atoms with Crippen molar-refractivity contribution in [3.63, 3.8) is 0 Å². The van der Waals surface area contributed by atoms with Crippen LogP contribution in [-0.4, -0.2) is 5.84 Å². The topological polar surface area (TPSA) is 49.9 Å². The molecule has 0 aromatic heterocycles. The maximum Gasteiger partial charge on any atom is 0.123 e. The van der Waals surface area contributed by atoms with Crippen molar-refractivity contribution >= 4 is 40.8 Å². The van der Waals surface area contributed by atoms with Crippen LogP contribution in [0.5, 0.6) is 0 Å². The summed E-state index contributed by atoms with van der Waals surface area (Å²) >= 11 is 13.4. The Bertz CT molecular complexity index is 597. The third-order valence-electron chi connectivity index (χ3n) is 2.54. The van der Waals surface area contributed by atoms with Gasteiger partial charge in [0.1, 0.15) is 5.84 Å². The highest BCUT2D eigenvalue weighted by Gasteiger charge is 2.07. The largest absolute Gasteiger partial charge is 0.384 e. The Morgan fingerprint density at radius 2 is 1.68 bits per heavy atom. The summed E-state index contributed by atoms with van der Waals surface area (Å²) in [7, 11) is 0. The van der Waals surface area contributed by atoms with Crippen molar-refractivity contribution in [1.29, 1.82) is 5.41 Å². The summed E-state index contributed by atoms with van der Waals surface area (Å²) in [6, 6.07) is 13.1. The number of halogens is 2. The summed E-state index contributed by atoms with van der Waals surface area (Å²) < 4.78 is 0. The van der Waals surface area contributed by atoms with E-state index in [2.05, 4.69) is 0 Å². The number of nitrogen functional groups attached to an aromatic ring is 1. The molecule has 0 aliphatic rings. The third kappa shape index (κ3) is 3.90. The van der Waals surface area contributed by atoms with Crippen molar-refractivity contribution in [2.45, 2.75) is 10.6 Å². The molecule has 0 aliphatic carbocycles. The minimum atomic E-state index is 0.0288. The van der Waals surface area contributed by atoms with Gasteiger partial charge in [-0.15, -0.1) is 11.8 Å². The molecule has 19 heavy (non-hydrogen) atoms. The fraction of sp³-hybridized carbons (Fsp3) is 0.0714. The summed E-state index contributed by atoms with van der Waals surface area (Å²) in [4.78, 5) is 0.951. The van der Waals surface area contributed by atoms with E-state index in [4.69, 9.17) is 34.3 Å². The zero-order valence-electron chi connectivity index (χ0n) is 9.99. The minimum absolute atomic E-state index is 0.0288. The van der Waals surface area contributed by atoms with Crippen LogP contribution in [0.1, 0.15) is 11.1 Å². The zero-order valence-corrected chi connectivity index (χ0v) is 12.3. The maximum atomic E-state index is 7.57. The van der Waals surface area contributed by atoms with E-state index in [1.165, 1.54) is 5.56 Å². The van der Waals surface area contributed by atoms with Crippen LogP contribution in [0.25, 0.3) is 0 Å². The molecule has 0 saturated heterocycles. The van der Waals surface area contributed by atoms with Gasteiger partial charge >= 0.3 is 0 Å². The van der Waals surface area contributed by atoms with E-state index in [1.807, 2.05) is 30.3 Å². The number of thioether (sulfide) groups is 1. The number of nitrogens with one attached hydrogen (secondary N) is 1. The molecule has 0 heterocycles. The molecule has 0 unspecified atom stereocenters. The first-order valence-electron chi connectivity index (χ1n) is 5.57. The number of rotatable bonds is 4. The quantitative estimate of drug-likeness (QED) is 0.494. The predicted octanol–water partition coefficient (Wildman–Crippen LogP) is 4.57. The van der Waals surface area contributed by atoms with Crippen LogP contribution >= 0.6 is 35.0 Å². The lowest BCUT2D eigenvalue weighted by Gasteiger charge is -2.08. The van der Waals surface area contributed by atoms with Gasteiger partial charge in [-0.1, -0.05) is 35.3 Å². The molecule has 2 aromatic rings. The maximum absolute atomic E-state index is 7.57. The smallest absolute Gasteiger partial charge is 0.123 e. The lowest BCUT2D eigenvalue weighted by molar-refractivity contribution is 1.32. The Hall–Kier alpha value is -1.16. The monoisotopic (exact) mass is 310 g/mol. The van der Waals surface area contributed by atoms with Gasteiger partial charge in [0.05, 0.1) is 0 Å². The second kappa shape index (κ2) is 6.33. The van der Waals surface area contributed by atoms with Gasteiger partial charge in [-0.3, -0.25) is 5.41 Å². The number of benzene rings is 2. The molecule has 0 atom stereocenters. The highest BCUT2D eigenvalue weighted by atomic mass is 35.5. The molecular weight excluding hydrogens is 299 g/mol. The van der Waals surface area contributed by atoms with Gasteiger partial charge in [0, 0.05) is 26.3 Å². The molecule has 0 bridgehead atoms. The summed E-state index contributed by atoms with van der Waals surface area (Å²) in [5.41, 5.74) is 7.40. The van der Waals surface area contributed by atoms with Crippen LogP contribution in [-0.2, 0) is 5.75 Å². The molecule has 0 aliphatic heterocycles. The van der Waals surface area contributed by atoms with E-state index in [-0.39, 0.29) is 5.84 Å². The lowest BCUT2D eigenvalue weighted by atomic mass is 10.2. The molecule has 3 N–H and O–H groups in total.